The summed E-state index contributed by atoms with van der Waals surface area (Å²) in [6, 6.07) is 31.9. The molecule has 3 aromatic carbocycles. The highest BCUT2D eigenvalue weighted by Crippen LogP contribution is 2.48. The molecule has 0 unspecified atom stereocenters. The number of hydrogen-bond acceptors (Lipinski definition) is 2. The molecule has 4 nitrogen and oxygen atoms in total. The van der Waals surface area contributed by atoms with Gasteiger partial charge in [0.25, 0.3) is 0 Å². The van der Waals surface area contributed by atoms with Gasteiger partial charge >= 0.3 is 0 Å². The van der Waals surface area contributed by atoms with Gasteiger partial charge in [-0.25, -0.2) is 4.98 Å². The fourth-order valence-electron chi connectivity index (χ4n) is 6.28. The zero-order valence-electron chi connectivity index (χ0n) is 21.3. The van der Waals surface area contributed by atoms with E-state index in [4.69, 9.17) is 4.98 Å². The number of rotatable bonds is 8. The summed E-state index contributed by atoms with van der Waals surface area (Å²) in [4.78, 5) is 17.8. The van der Waals surface area contributed by atoms with Crippen LogP contribution in [0.3, 0.4) is 0 Å². The Morgan fingerprint density at radius 3 is 1.89 bits per heavy atom. The zero-order chi connectivity index (χ0) is 25.1. The topological polar surface area (TPSA) is 46.9 Å². The molecular weight excluding hydrogens is 454 g/mol. The first kappa shape index (κ1) is 23.7. The summed E-state index contributed by atoms with van der Waals surface area (Å²) in [5, 5.41) is 3.26. The lowest BCUT2D eigenvalue weighted by atomic mass is 9.77. The summed E-state index contributed by atoms with van der Waals surface area (Å²) in [5.41, 5.74) is 3.96. The Labute approximate surface area is 219 Å². The standard InChI is InChI=1S/C33H35N3O/c37-32(34-22-25-13-5-1-6-14-25)30-21-29(30)31-23-36(24-35-31)33(26-15-7-2-8-16-26,27-17-9-3-10-18-27)28-19-11-4-12-20-28/h2-4,7-12,15-20,23-25,29-30H,1,5-6,13-14,21-22H2,(H,34,37)/t29-,30-/m0/s1. The molecule has 2 saturated carbocycles. The summed E-state index contributed by atoms with van der Waals surface area (Å²) in [7, 11) is 0. The predicted molar refractivity (Wildman–Crippen MR) is 147 cm³/mol. The van der Waals surface area contributed by atoms with E-state index in [2.05, 4.69) is 107 Å². The number of imidazole rings is 1. The minimum atomic E-state index is -0.567. The molecule has 2 aliphatic rings. The van der Waals surface area contributed by atoms with E-state index < -0.39 is 5.54 Å². The molecule has 0 aliphatic heterocycles. The largest absolute Gasteiger partial charge is 0.356 e. The maximum Gasteiger partial charge on any atom is 0.223 e. The SMILES string of the molecule is O=C(NCC1CCCCC1)[C@H]1C[C@@H]1c1cn(C(c2ccccc2)(c2ccccc2)c2ccccc2)cn1. The van der Waals surface area contributed by atoms with Crippen LogP contribution in [0.15, 0.2) is 104 Å². The third-order valence-electron chi connectivity index (χ3n) is 8.36. The van der Waals surface area contributed by atoms with Gasteiger partial charge < -0.3 is 9.88 Å². The van der Waals surface area contributed by atoms with Crippen molar-refractivity contribution in [2.45, 2.75) is 50.0 Å². The van der Waals surface area contributed by atoms with Gasteiger partial charge in [-0.15, -0.1) is 0 Å². The normalized spacial score (nSPS) is 19.9. The number of nitrogens with one attached hydrogen (secondary N) is 1. The van der Waals surface area contributed by atoms with Crippen molar-refractivity contribution in [2.75, 3.05) is 6.54 Å². The van der Waals surface area contributed by atoms with Crippen LogP contribution in [0.5, 0.6) is 0 Å². The molecule has 1 heterocycles. The monoisotopic (exact) mass is 489 g/mol. The van der Waals surface area contributed by atoms with E-state index in [-0.39, 0.29) is 17.7 Å². The zero-order valence-corrected chi connectivity index (χ0v) is 21.3. The van der Waals surface area contributed by atoms with Crippen LogP contribution in [0.25, 0.3) is 0 Å². The van der Waals surface area contributed by atoms with Crippen molar-refractivity contribution in [1.29, 1.82) is 0 Å². The maximum absolute atomic E-state index is 13.0. The van der Waals surface area contributed by atoms with E-state index in [1.165, 1.54) is 48.8 Å². The van der Waals surface area contributed by atoms with Gasteiger partial charge in [0, 0.05) is 24.6 Å². The van der Waals surface area contributed by atoms with Gasteiger partial charge in [-0.05, 0) is 41.9 Å². The van der Waals surface area contributed by atoms with Crippen molar-refractivity contribution in [2.24, 2.45) is 11.8 Å². The molecule has 0 spiro atoms. The maximum atomic E-state index is 13.0. The first-order valence-corrected chi connectivity index (χ1v) is 13.8. The van der Waals surface area contributed by atoms with Crippen LogP contribution in [0.4, 0.5) is 0 Å². The molecule has 2 aliphatic carbocycles. The first-order chi connectivity index (χ1) is 18.3. The van der Waals surface area contributed by atoms with Crippen molar-refractivity contribution in [3.8, 4) is 0 Å². The van der Waals surface area contributed by atoms with Crippen LogP contribution in [-0.4, -0.2) is 22.0 Å². The van der Waals surface area contributed by atoms with Crippen LogP contribution in [0.2, 0.25) is 0 Å². The van der Waals surface area contributed by atoms with Gasteiger partial charge in [-0.2, -0.15) is 0 Å². The average Bonchev–Trinajstić information content (AvgIpc) is 3.63. The second-order valence-electron chi connectivity index (χ2n) is 10.7. The van der Waals surface area contributed by atoms with Gasteiger partial charge in [0.05, 0.1) is 12.0 Å². The number of carbonyl (C=O) groups is 1. The van der Waals surface area contributed by atoms with Crippen LogP contribution in [0, 0.1) is 11.8 Å². The van der Waals surface area contributed by atoms with E-state index in [0.717, 1.165) is 18.7 Å². The second kappa shape index (κ2) is 10.4. The summed E-state index contributed by atoms with van der Waals surface area (Å²) >= 11 is 0. The molecule has 0 saturated heterocycles. The van der Waals surface area contributed by atoms with Crippen LogP contribution >= 0.6 is 0 Å². The van der Waals surface area contributed by atoms with E-state index in [0.29, 0.717) is 5.92 Å². The van der Waals surface area contributed by atoms with Crippen molar-refractivity contribution in [3.63, 3.8) is 0 Å². The van der Waals surface area contributed by atoms with Gasteiger partial charge in [0.1, 0.15) is 5.54 Å². The molecule has 4 heteroatoms. The smallest absolute Gasteiger partial charge is 0.223 e. The van der Waals surface area contributed by atoms with Crippen LogP contribution in [-0.2, 0) is 10.3 Å². The molecule has 6 rings (SSSR count). The minimum absolute atomic E-state index is 0.0338. The molecule has 0 bridgehead atoms. The Balaban J connectivity index is 1.32. The third kappa shape index (κ3) is 4.61. The van der Waals surface area contributed by atoms with Gasteiger partial charge in [0.2, 0.25) is 5.91 Å². The lowest BCUT2D eigenvalue weighted by Crippen LogP contribution is -2.36. The molecule has 1 N–H and O–H groups in total. The second-order valence-corrected chi connectivity index (χ2v) is 10.7. The number of aromatic nitrogens is 2. The molecule has 4 aromatic rings. The lowest BCUT2D eigenvalue weighted by molar-refractivity contribution is -0.122. The van der Waals surface area contributed by atoms with Crippen molar-refractivity contribution < 1.29 is 4.79 Å². The van der Waals surface area contributed by atoms with E-state index in [1.807, 2.05) is 6.33 Å². The fourth-order valence-corrected chi connectivity index (χ4v) is 6.28. The number of benzene rings is 3. The molecule has 37 heavy (non-hydrogen) atoms. The average molecular weight is 490 g/mol. The molecule has 1 aromatic heterocycles. The molecule has 1 amide bonds. The Morgan fingerprint density at radius 1 is 0.811 bits per heavy atom. The molecule has 0 radical (unpaired) electrons. The Hall–Kier alpha value is -3.66. The summed E-state index contributed by atoms with van der Waals surface area (Å²) in [6.45, 7) is 0.829. The summed E-state index contributed by atoms with van der Waals surface area (Å²) in [6.07, 6.45) is 11.4. The van der Waals surface area contributed by atoms with Crippen LogP contribution < -0.4 is 5.32 Å². The van der Waals surface area contributed by atoms with E-state index in [9.17, 15) is 4.79 Å². The fraction of sp³-hybridized carbons (Fsp3) is 0.333. The molecule has 188 valence electrons. The number of hydrogen-bond donors (Lipinski definition) is 1. The van der Waals surface area contributed by atoms with E-state index in [1.54, 1.807) is 0 Å². The lowest BCUT2D eigenvalue weighted by Gasteiger charge is -2.37. The third-order valence-corrected chi connectivity index (χ3v) is 8.36. The first-order valence-electron chi connectivity index (χ1n) is 13.8. The minimum Gasteiger partial charge on any atom is -0.356 e. The molecular formula is C33H35N3O. The van der Waals surface area contributed by atoms with Crippen LogP contribution in [0.1, 0.15) is 66.8 Å². The number of amides is 1. The highest BCUT2D eigenvalue weighted by atomic mass is 16.2. The Bertz CT molecular complexity index is 1210. The van der Waals surface area contributed by atoms with Crippen molar-refractivity contribution in [1.82, 2.24) is 14.9 Å². The molecule has 2 atom stereocenters. The predicted octanol–water partition coefficient (Wildman–Crippen LogP) is 6.52. The Kier molecular flexibility index (Phi) is 6.65. The highest BCUT2D eigenvalue weighted by molar-refractivity contribution is 5.82. The Morgan fingerprint density at radius 2 is 1.35 bits per heavy atom. The van der Waals surface area contributed by atoms with Gasteiger partial charge in [-0.3, -0.25) is 4.79 Å². The number of carbonyl (C=O) groups excluding carboxylic acids is 1. The highest BCUT2D eigenvalue weighted by Gasteiger charge is 2.46. The van der Waals surface area contributed by atoms with Crippen molar-refractivity contribution >= 4 is 5.91 Å². The summed E-state index contributed by atoms with van der Waals surface area (Å²) < 4.78 is 2.25. The van der Waals surface area contributed by atoms with Gasteiger partial charge in [-0.1, -0.05) is 110 Å². The van der Waals surface area contributed by atoms with E-state index >= 15 is 0 Å². The summed E-state index contributed by atoms with van der Waals surface area (Å²) in [5.74, 6) is 1.07. The van der Waals surface area contributed by atoms with Crippen molar-refractivity contribution in [3.05, 3.63) is 126 Å². The molecule has 2 fully saturated rings. The quantitative estimate of drug-likeness (QED) is 0.286. The number of nitrogens with zero attached hydrogens (tertiary/aromatic N) is 2. The van der Waals surface area contributed by atoms with Gasteiger partial charge in [0.15, 0.2) is 0 Å².